The highest BCUT2D eigenvalue weighted by Crippen LogP contribution is 2.30. The molecule has 3 N–H and O–H groups in total. The predicted octanol–water partition coefficient (Wildman–Crippen LogP) is 0.973. The van der Waals surface area contributed by atoms with Crippen molar-refractivity contribution in [3.8, 4) is 11.6 Å². The molecular weight excluding hydrogens is 256 g/mol. The molecule has 1 aromatic heterocycles. The van der Waals surface area contributed by atoms with Crippen LogP contribution in [0.4, 0.5) is 0 Å². The van der Waals surface area contributed by atoms with Crippen LogP contribution in [0.2, 0.25) is 0 Å². The molecule has 6 nitrogen and oxygen atoms in total. The summed E-state index contributed by atoms with van der Waals surface area (Å²) in [4.78, 5) is 8.27. The molecule has 2 heterocycles. The Morgan fingerprint density at radius 2 is 2.25 bits per heavy atom. The molecule has 1 atom stereocenters. The number of benzene rings is 1. The second kappa shape index (κ2) is 5.44. The molecule has 1 aliphatic heterocycles. The largest absolute Gasteiger partial charge is 0.493 e. The van der Waals surface area contributed by atoms with Crippen LogP contribution >= 0.6 is 0 Å². The molecule has 3 rings (SSSR count). The van der Waals surface area contributed by atoms with E-state index in [0.717, 1.165) is 30.0 Å². The molecule has 0 radical (unpaired) electrons. The fraction of sp³-hybridized carbons (Fsp3) is 0.286. The first-order chi connectivity index (χ1) is 9.81. The van der Waals surface area contributed by atoms with Crippen molar-refractivity contribution in [3.05, 3.63) is 47.4 Å². The lowest BCUT2D eigenvalue weighted by molar-refractivity contribution is 0.356. The fourth-order valence-electron chi connectivity index (χ4n) is 2.36. The van der Waals surface area contributed by atoms with E-state index in [2.05, 4.69) is 21.5 Å². The van der Waals surface area contributed by atoms with Crippen molar-refractivity contribution in [2.24, 2.45) is 5.84 Å². The van der Waals surface area contributed by atoms with E-state index in [1.807, 2.05) is 12.1 Å². The van der Waals surface area contributed by atoms with Crippen LogP contribution in [0.25, 0.3) is 0 Å². The van der Waals surface area contributed by atoms with Gasteiger partial charge in [0.25, 0.3) is 0 Å². The van der Waals surface area contributed by atoms with Crippen LogP contribution in [0.1, 0.15) is 22.9 Å². The topological polar surface area (TPSA) is 82.3 Å². The predicted molar refractivity (Wildman–Crippen MR) is 73.4 cm³/mol. The number of fused-ring (bicyclic) bond motifs is 1. The minimum absolute atomic E-state index is 0.210. The molecule has 0 fully saturated rings. The lowest BCUT2D eigenvalue weighted by Gasteiger charge is -2.16. The van der Waals surface area contributed by atoms with Gasteiger partial charge in [0.1, 0.15) is 12.1 Å². The van der Waals surface area contributed by atoms with Gasteiger partial charge in [0.05, 0.1) is 25.5 Å². The first-order valence-electron chi connectivity index (χ1n) is 6.39. The SMILES string of the molecule is COc1cc(C(NN)c2ccc3c(c2)CCO3)ncn1. The monoisotopic (exact) mass is 272 g/mol. The van der Waals surface area contributed by atoms with Crippen molar-refractivity contribution >= 4 is 0 Å². The van der Waals surface area contributed by atoms with Crippen molar-refractivity contribution in [2.75, 3.05) is 13.7 Å². The minimum Gasteiger partial charge on any atom is -0.493 e. The molecule has 1 aromatic carbocycles. The molecule has 2 aromatic rings. The van der Waals surface area contributed by atoms with Gasteiger partial charge >= 0.3 is 0 Å². The Kier molecular flexibility index (Phi) is 3.49. The van der Waals surface area contributed by atoms with Crippen molar-refractivity contribution < 1.29 is 9.47 Å². The van der Waals surface area contributed by atoms with Crippen LogP contribution < -0.4 is 20.7 Å². The average molecular weight is 272 g/mol. The number of rotatable bonds is 4. The smallest absolute Gasteiger partial charge is 0.216 e. The molecule has 0 saturated heterocycles. The van der Waals surface area contributed by atoms with Crippen LogP contribution in [-0.4, -0.2) is 23.7 Å². The van der Waals surface area contributed by atoms with Crippen molar-refractivity contribution in [2.45, 2.75) is 12.5 Å². The highest BCUT2D eigenvalue weighted by atomic mass is 16.5. The number of aromatic nitrogens is 2. The van der Waals surface area contributed by atoms with Crippen LogP contribution in [0.15, 0.2) is 30.6 Å². The molecule has 20 heavy (non-hydrogen) atoms. The second-order valence-electron chi connectivity index (χ2n) is 4.55. The Morgan fingerprint density at radius 3 is 3.05 bits per heavy atom. The number of methoxy groups -OCH3 is 1. The molecule has 0 aliphatic carbocycles. The van der Waals surface area contributed by atoms with E-state index in [-0.39, 0.29) is 6.04 Å². The molecule has 1 unspecified atom stereocenters. The zero-order valence-corrected chi connectivity index (χ0v) is 11.2. The summed E-state index contributed by atoms with van der Waals surface area (Å²) in [5.74, 6) is 7.15. The van der Waals surface area contributed by atoms with Gasteiger partial charge < -0.3 is 9.47 Å². The van der Waals surface area contributed by atoms with Crippen LogP contribution in [-0.2, 0) is 6.42 Å². The quantitative estimate of drug-likeness (QED) is 0.637. The number of hydrogen-bond donors (Lipinski definition) is 2. The molecule has 0 amide bonds. The van der Waals surface area contributed by atoms with Crippen molar-refractivity contribution in [1.82, 2.24) is 15.4 Å². The lowest BCUT2D eigenvalue weighted by atomic mass is 10.0. The van der Waals surface area contributed by atoms with Gasteiger partial charge in [0, 0.05) is 12.5 Å². The number of nitrogens with one attached hydrogen (secondary N) is 1. The van der Waals surface area contributed by atoms with E-state index >= 15 is 0 Å². The highest BCUT2D eigenvalue weighted by Gasteiger charge is 2.19. The summed E-state index contributed by atoms with van der Waals surface area (Å²) in [5.41, 5.74) is 5.79. The zero-order chi connectivity index (χ0) is 13.9. The Morgan fingerprint density at radius 1 is 1.35 bits per heavy atom. The Bertz CT molecular complexity index is 618. The summed E-state index contributed by atoms with van der Waals surface area (Å²) in [6.07, 6.45) is 2.39. The highest BCUT2D eigenvalue weighted by molar-refractivity contribution is 5.42. The zero-order valence-electron chi connectivity index (χ0n) is 11.2. The maximum absolute atomic E-state index is 5.69. The van der Waals surface area contributed by atoms with Gasteiger partial charge in [-0.25, -0.2) is 15.4 Å². The Hall–Kier alpha value is -2.18. The van der Waals surface area contributed by atoms with Crippen molar-refractivity contribution in [3.63, 3.8) is 0 Å². The van der Waals surface area contributed by atoms with E-state index in [0.29, 0.717) is 5.88 Å². The summed E-state index contributed by atoms with van der Waals surface area (Å²) in [5, 5.41) is 0. The maximum atomic E-state index is 5.69. The number of hydrazine groups is 1. The summed E-state index contributed by atoms with van der Waals surface area (Å²) in [6, 6.07) is 7.62. The lowest BCUT2D eigenvalue weighted by Crippen LogP contribution is -2.29. The first-order valence-corrected chi connectivity index (χ1v) is 6.39. The van der Waals surface area contributed by atoms with Crippen LogP contribution in [0, 0.1) is 0 Å². The third-order valence-corrected chi connectivity index (χ3v) is 3.38. The molecule has 0 saturated carbocycles. The van der Waals surface area contributed by atoms with E-state index in [1.54, 1.807) is 13.2 Å². The van der Waals surface area contributed by atoms with Gasteiger partial charge in [0.15, 0.2) is 0 Å². The third kappa shape index (κ3) is 2.31. The summed E-state index contributed by atoms with van der Waals surface area (Å²) in [6.45, 7) is 0.737. The van der Waals surface area contributed by atoms with Gasteiger partial charge in [0.2, 0.25) is 5.88 Å². The van der Waals surface area contributed by atoms with E-state index in [9.17, 15) is 0 Å². The molecule has 1 aliphatic rings. The van der Waals surface area contributed by atoms with Crippen molar-refractivity contribution in [1.29, 1.82) is 0 Å². The molecule has 104 valence electrons. The third-order valence-electron chi connectivity index (χ3n) is 3.38. The molecular formula is C14H16N4O2. The van der Waals surface area contributed by atoms with Gasteiger partial charge in [-0.15, -0.1) is 0 Å². The Labute approximate surface area is 116 Å². The van der Waals surface area contributed by atoms with Gasteiger partial charge in [-0.3, -0.25) is 5.84 Å². The number of nitrogens with zero attached hydrogens (tertiary/aromatic N) is 2. The number of ether oxygens (including phenoxy) is 2. The average Bonchev–Trinajstić information content (AvgIpc) is 2.96. The van der Waals surface area contributed by atoms with E-state index in [4.69, 9.17) is 15.3 Å². The van der Waals surface area contributed by atoms with Gasteiger partial charge in [-0.05, 0) is 23.3 Å². The molecule has 0 spiro atoms. The van der Waals surface area contributed by atoms with Crippen LogP contribution in [0.3, 0.4) is 0 Å². The minimum atomic E-state index is -0.210. The van der Waals surface area contributed by atoms with E-state index in [1.165, 1.54) is 11.9 Å². The summed E-state index contributed by atoms with van der Waals surface area (Å²) in [7, 11) is 1.57. The normalized spacial score (nSPS) is 14.5. The number of nitrogens with two attached hydrogens (primary N) is 1. The standard InChI is InChI=1S/C14H16N4O2/c1-19-13-7-11(16-8-17-13)14(18-15)10-2-3-12-9(6-10)4-5-20-12/h2-3,6-8,14,18H,4-5,15H2,1H3. The number of hydrogen-bond acceptors (Lipinski definition) is 6. The second-order valence-corrected chi connectivity index (χ2v) is 4.55. The van der Waals surface area contributed by atoms with Gasteiger partial charge in [-0.1, -0.05) is 6.07 Å². The molecule has 6 heteroatoms. The fourth-order valence-corrected chi connectivity index (χ4v) is 2.36. The summed E-state index contributed by atoms with van der Waals surface area (Å²) >= 11 is 0. The first kappa shape index (κ1) is 12.8. The Balaban J connectivity index is 1.96. The summed E-state index contributed by atoms with van der Waals surface area (Å²) < 4.78 is 10.6. The van der Waals surface area contributed by atoms with Crippen LogP contribution in [0.5, 0.6) is 11.6 Å². The van der Waals surface area contributed by atoms with E-state index < -0.39 is 0 Å². The maximum Gasteiger partial charge on any atom is 0.216 e. The molecule has 0 bridgehead atoms. The van der Waals surface area contributed by atoms with Gasteiger partial charge in [-0.2, -0.15) is 0 Å².